The Bertz CT molecular complexity index is 776. The van der Waals surface area contributed by atoms with Gasteiger partial charge < -0.3 is 14.4 Å². The summed E-state index contributed by atoms with van der Waals surface area (Å²) in [6.45, 7) is 9.32. The van der Waals surface area contributed by atoms with Crippen molar-refractivity contribution >= 4 is 24.1 Å². The molecule has 0 unspecified atom stereocenters. The molecule has 1 aromatic heterocycles. The normalized spacial score (nSPS) is 19.1. The van der Waals surface area contributed by atoms with Gasteiger partial charge in [-0.15, -0.1) is 0 Å². The number of pyridine rings is 1. The van der Waals surface area contributed by atoms with E-state index in [4.69, 9.17) is 4.74 Å². The molecule has 0 saturated carbocycles. The topological polar surface area (TPSA) is 91.8 Å². The van der Waals surface area contributed by atoms with Crippen LogP contribution in [-0.2, 0) is 20.9 Å². The molecule has 0 aliphatic carbocycles. The lowest BCUT2D eigenvalue weighted by atomic mass is 9.92. The van der Waals surface area contributed by atoms with Crippen LogP contribution in [0.3, 0.4) is 0 Å². The maximum absolute atomic E-state index is 12.8. The van der Waals surface area contributed by atoms with Crippen molar-refractivity contribution in [3.05, 3.63) is 23.9 Å². The molecule has 31 heavy (non-hydrogen) atoms. The number of nitrogens with one attached hydrogen (secondary N) is 1. The van der Waals surface area contributed by atoms with Crippen molar-refractivity contribution in [2.24, 2.45) is 11.8 Å². The highest BCUT2D eigenvalue weighted by Crippen LogP contribution is 2.24. The van der Waals surface area contributed by atoms with Crippen LogP contribution >= 0.6 is 0 Å². The van der Waals surface area contributed by atoms with Crippen molar-refractivity contribution in [3.8, 4) is 0 Å². The fraction of sp³-hybridized carbons (Fsp3) is 0.652. The summed E-state index contributed by atoms with van der Waals surface area (Å²) in [6, 6.07) is 3.80. The molecule has 1 N–H and O–H groups in total. The smallest absolute Gasteiger partial charge is 0.413 e. The molecule has 1 aromatic rings. The summed E-state index contributed by atoms with van der Waals surface area (Å²) in [5.74, 6) is 0.902. The number of hydrogen-bond acceptors (Lipinski definition) is 6. The van der Waals surface area contributed by atoms with Crippen molar-refractivity contribution < 1.29 is 19.1 Å². The second kappa shape index (κ2) is 10.2. The highest BCUT2D eigenvalue weighted by atomic mass is 16.6. The molecule has 0 bridgehead atoms. The van der Waals surface area contributed by atoms with Gasteiger partial charge in [0.05, 0.1) is 0 Å². The SMILES string of the molecule is CC(C)(C)OC(=O)Nc1cc(CN2CCC(C(=O)N3CCC(C=O)CC3)CC2)ccn1. The van der Waals surface area contributed by atoms with Crippen molar-refractivity contribution in [1.82, 2.24) is 14.8 Å². The Kier molecular flexibility index (Phi) is 7.64. The summed E-state index contributed by atoms with van der Waals surface area (Å²) in [5, 5.41) is 2.68. The van der Waals surface area contributed by atoms with Gasteiger partial charge in [-0.2, -0.15) is 0 Å². The molecular weight excluding hydrogens is 396 g/mol. The minimum absolute atomic E-state index is 0.0749. The Morgan fingerprint density at radius 2 is 1.84 bits per heavy atom. The number of rotatable bonds is 5. The molecule has 0 spiro atoms. The molecule has 3 rings (SSSR count). The molecule has 3 heterocycles. The highest BCUT2D eigenvalue weighted by Gasteiger charge is 2.30. The van der Waals surface area contributed by atoms with Crippen molar-refractivity contribution in [3.63, 3.8) is 0 Å². The van der Waals surface area contributed by atoms with Gasteiger partial charge in [0.15, 0.2) is 0 Å². The zero-order valence-electron chi connectivity index (χ0n) is 18.8. The molecule has 2 fully saturated rings. The van der Waals surface area contributed by atoms with Crippen LogP contribution in [0.5, 0.6) is 0 Å². The molecule has 2 aliphatic heterocycles. The third-order valence-electron chi connectivity index (χ3n) is 5.84. The van der Waals surface area contributed by atoms with Crippen LogP contribution in [0.15, 0.2) is 18.3 Å². The average molecular weight is 431 g/mol. The number of hydrogen-bond donors (Lipinski definition) is 1. The quantitative estimate of drug-likeness (QED) is 0.722. The average Bonchev–Trinajstić information content (AvgIpc) is 2.73. The van der Waals surface area contributed by atoms with Gasteiger partial charge in [-0.1, -0.05) is 0 Å². The number of aromatic nitrogens is 1. The van der Waals surface area contributed by atoms with Gasteiger partial charge in [-0.25, -0.2) is 9.78 Å². The van der Waals surface area contributed by atoms with Gasteiger partial charge in [-0.3, -0.25) is 15.0 Å². The molecule has 0 atom stereocenters. The number of ether oxygens (including phenoxy) is 1. The molecule has 8 heteroatoms. The first-order valence-electron chi connectivity index (χ1n) is 11.1. The van der Waals surface area contributed by atoms with Crippen LogP contribution in [0.25, 0.3) is 0 Å². The number of aldehydes is 1. The monoisotopic (exact) mass is 430 g/mol. The summed E-state index contributed by atoms with van der Waals surface area (Å²) < 4.78 is 5.27. The largest absolute Gasteiger partial charge is 0.444 e. The van der Waals surface area contributed by atoms with E-state index >= 15 is 0 Å². The Labute approximate surface area is 184 Å². The van der Waals surface area contributed by atoms with Crippen LogP contribution in [0.4, 0.5) is 10.6 Å². The summed E-state index contributed by atoms with van der Waals surface area (Å²) in [4.78, 5) is 44.2. The molecule has 170 valence electrons. The molecule has 8 nitrogen and oxygen atoms in total. The van der Waals surface area contributed by atoms with E-state index in [9.17, 15) is 14.4 Å². The molecule has 2 amide bonds. The van der Waals surface area contributed by atoms with Crippen molar-refractivity contribution in [2.45, 2.75) is 58.6 Å². The van der Waals surface area contributed by atoms with Gasteiger partial charge in [-0.05, 0) is 77.2 Å². The summed E-state index contributed by atoms with van der Waals surface area (Å²) in [5.41, 5.74) is 0.496. The molecule has 2 aliphatic rings. The van der Waals surface area contributed by atoms with Crippen molar-refractivity contribution in [2.75, 3.05) is 31.5 Å². The minimum Gasteiger partial charge on any atom is -0.444 e. The molecule has 0 radical (unpaired) electrons. The molecular formula is C23H34N4O4. The summed E-state index contributed by atoms with van der Waals surface area (Å²) in [6.07, 6.45) is 5.45. The second-order valence-electron chi connectivity index (χ2n) is 9.53. The van der Waals surface area contributed by atoms with E-state index in [1.807, 2.05) is 37.8 Å². The zero-order chi connectivity index (χ0) is 22.4. The predicted octanol–water partition coefficient (Wildman–Crippen LogP) is 3.08. The Hall–Kier alpha value is -2.48. The van der Waals surface area contributed by atoms with E-state index in [1.165, 1.54) is 0 Å². The number of amides is 2. The van der Waals surface area contributed by atoms with Gasteiger partial charge in [0.2, 0.25) is 5.91 Å². The number of carbonyl (C=O) groups is 3. The number of anilines is 1. The van der Waals surface area contributed by atoms with E-state index < -0.39 is 11.7 Å². The van der Waals surface area contributed by atoms with Gasteiger partial charge in [0.25, 0.3) is 0 Å². The maximum atomic E-state index is 12.8. The highest BCUT2D eigenvalue weighted by molar-refractivity contribution is 5.83. The number of piperidine rings is 2. The second-order valence-corrected chi connectivity index (χ2v) is 9.53. The van der Waals surface area contributed by atoms with Crippen LogP contribution in [-0.4, -0.2) is 64.9 Å². The van der Waals surface area contributed by atoms with Gasteiger partial charge in [0, 0.05) is 37.7 Å². The Balaban J connectivity index is 1.46. The lowest BCUT2D eigenvalue weighted by Gasteiger charge is -2.36. The third kappa shape index (κ3) is 7.02. The number of carbonyl (C=O) groups excluding carboxylic acids is 3. The fourth-order valence-electron chi connectivity index (χ4n) is 4.16. The van der Waals surface area contributed by atoms with E-state index in [1.54, 1.807) is 6.20 Å². The first-order chi connectivity index (χ1) is 14.7. The van der Waals surface area contributed by atoms with Crippen LogP contribution < -0.4 is 5.32 Å². The lowest BCUT2D eigenvalue weighted by molar-refractivity contribution is -0.139. The van der Waals surface area contributed by atoms with E-state index in [-0.39, 0.29) is 17.7 Å². The third-order valence-corrected chi connectivity index (χ3v) is 5.84. The molecule has 0 aromatic carbocycles. The van der Waals surface area contributed by atoms with Crippen LogP contribution in [0.2, 0.25) is 0 Å². The van der Waals surface area contributed by atoms with Crippen LogP contribution in [0, 0.1) is 11.8 Å². The standard InChI is InChI=1S/C23H34N4O4/c1-23(2,3)31-22(30)25-20-14-18(4-9-24-20)15-26-10-7-19(8-11-26)21(29)27-12-5-17(16-28)6-13-27/h4,9,14,16-17,19H,5-8,10-13,15H2,1-3H3,(H,24,25,30). The maximum Gasteiger partial charge on any atom is 0.413 e. The first kappa shape index (κ1) is 23.2. The van der Waals surface area contributed by atoms with Crippen molar-refractivity contribution in [1.29, 1.82) is 0 Å². The van der Waals surface area contributed by atoms with Gasteiger partial charge >= 0.3 is 6.09 Å². The van der Waals surface area contributed by atoms with Crippen LogP contribution in [0.1, 0.15) is 52.0 Å². The zero-order valence-corrected chi connectivity index (χ0v) is 18.8. The van der Waals surface area contributed by atoms with Gasteiger partial charge in [0.1, 0.15) is 17.7 Å². The minimum atomic E-state index is -0.562. The summed E-state index contributed by atoms with van der Waals surface area (Å²) >= 11 is 0. The molecule has 2 saturated heterocycles. The van der Waals surface area contributed by atoms with E-state index in [0.717, 1.165) is 57.2 Å². The Morgan fingerprint density at radius 1 is 1.16 bits per heavy atom. The van der Waals surface area contributed by atoms with E-state index in [0.29, 0.717) is 18.9 Å². The first-order valence-corrected chi connectivity index (χ1v) is 11.1. The lowest BCUT2D eigenvalue weighted by Crippen LogP contribution is -2.45. The Morgan fingerprint density at radius 3 is 2.45 bits per heavy atom. The summed E-state index contributed by atoms with van der Waals surface area (Å²) in [7, 11) is 0. The van der Waals surface area contributed by atoms with E-state index in [2.05, 4.69) is 15.2 Å². The number of likely N-dealkylation sites (tertiary alicyclic amines) is 2. The number of nitrogens with zero attached hydrogens (tertiary/aromatic N) is 3. The predicted molar refractivity (Wildman–Crippen MR) is 117 cm³/mol. The fourth-order valence-corrected chi connectivity index (χ4v) is 4.16.